The lowest BCUT2D eigenvalue weighted by Crippen LogP contribution is -2.26. The predicted molar refractivity (Wildman–Crippen MR) is 69.5 cm³/mol. The van der Waals surface area contributed by atoms with Crippen LogP contribution in [0.3, 0.4) is 0 Å². The van der Waals surface area contributed by atoms with Crippen molar-refractivity contribution < 1.29 is 9.53 Å². The number of ether oxygens (including phenoxy) is 1. The Balaban J connectivity index is 1.75. The van der Waals surface area contributed by atoms with Gasteiger partial charge in [-0.05, 0) is 30.0 Å². The lowest BCUT2D eigenvalue weighted by Gasteiger charge is -2.28. The van der Waals surface area contributed by atoms with E-state index in [0.29, 0.717) is 0 Å². The summed E-state index contributed by atoms with van der Waals surface area (Å²) >= 11 is 0. The molecule has 1 aliphatic carbocycles. The summed E-state index contributed by atoms with van der Waals surface area (Å²) in [6.45, 7) is 0.0977. The molecule has 4 nitrogen and oxygen atoms in total. The molecule has 1 aromatic rings. The largest absolute Gasteiger partial charge is 0.482 e. The standard InChI is InChI=1S/C14H18N2O2/c15-11(6-9-2-1-3-9)10-4-5-13-12(7-10)16-14(17)8-18-13/h4-5,7,9,11H,1-3,6,8,15H2,(H,16,17). The van der Waals surface area contributed by atoms with Crippen LogP contribution in [0.5, 0.6) is 5.75 Å². The highest BCUT2D eigenvalue weighted by atomic mass is 16.5. The molecule has 1 amide bonds. The molecule has 1 saturated carbocycles. The minimum atomic E-state index is -0.104. The van der Waals surface area contributed by atoms with E-state index in [0.717, 1.165) is 29.3 Å². The van der Waals surface area contributed by atoms with Gasteiger partial charge >= 0.3 is 0 Å². The summed E-state index contributed by atoms with van der Waals surface area (Å²) in [5.41, 5.74) is 8.04. The van der Waals surface area contributed by atoms with Gasteiger partial charge in [-0.15, -0.1) is 0 Å². The zero-order valence-electron chi connectivity index (χ0n) is 10.3. The van der Waals surface area contributed by atoms with E-state index < -0.39 is 0 Å². The number of anilines is 1. The fraction of sp³-hybridized carbons (Fsp3) is 0.500. The minimum Gasteiger partial charge on any atom is -0.482 e. The molecule has 96 valence electrons. The van der Waals surface area contributed by atoms with Gasteiger partial charge in [0.1, 0.15) is 5.75 Å². The Hall–Kier alpha value is -1.55. The van der Waals surface area contributed by atoms with Gasteiger partial charge in [0, 0.05) is 6.04 Å². The molecule has 0 radical (unpaired) electrons. The number of carbonyl (C=O) groups is 1. The van der Waals surface area contributed by atoms with E-state index in [1.54, 1.807) is 0 Å². The van der Waals surface area contributed by atoms with Gasteiger partial charge in [-0.2, -0.15) is 0 Å². The molecule has 3 rings (SSSR count). The Morgan fingerprint density at radius 3 is 3.00 bits per heavy atom. The number of hydrogen-bond donors (Lipinski definition) is 2. The fourth-order valence-corrected chi connectivity index (χ4v) is 2.56. The minimum absolute atomic E-state index is 0.0550. The van der Waals surface area contributed by atoms with Crippen molar-refractivity contribution in [3.63, 3.8) is 0 Å². The van der Waals surface area contributed by atoms with Crippen molar-refractivity contribution in [2.75, 3.05) is 11.9 Å². The summed E-state index contributed by atoms with van der Waals surface area (Å²) in [7, 11) is 0. The zero-order chi connectivity index (χ0) is 12.5. The normalized spacial score (nSPS) is 20.4. The van der Waals surface area contributed by atoms with E-state index in [1.807, 2.05) is 18.2 Å². The van der Waals surface area contributed by atoms with Crippen molar-refractivity contribution in [1.29, 1.82) is 0 Å². The molecule has 3 N–H and O–H groups in total. The van der Waals surface area contributed by atoms with E-state index in [2.05, 4.69) is 5.32 Å². The van der Waals surface area contributed by atoms with Crippen molar-refractivity contribution >= 4 is 11.6 Å². The Morgan fingerprint density at radius 2 is 2.28 bits per heavy atom. The van der Waals surface area contributed by atoms with Crippen molar-refractivity contribution in [1.82, 2.24) is 0 Å². The topological polar surface area (TPSA) is 64.3 Å². The van der Waals surface area contributed by atoms with Crippen molar-refractivity contribution in [3.05, 3.63) is 23.8 Å². The monoisotopic (exact) mass is 246 g/mol. The number of carbonyl (C=O) groups excluding carboxylic acids is 1. The molecule has 0 saturated heterocycles. The van der Waals surface area contributed by atoms with Crippen molar-refractivity contribution in [2.45, 2.75) is 31.7 Å². The van der Waals surface area contributed by atoms with Gasteiger partial charge in [-0.25, -0.2) is 0 Å². The average molecular weight is 246 g/mol. The SMILES string of the molecule is NC(CC1CCC1)c1ccc2c(c1)NC(=O)CO2. The number of amides is 1. The van der Waals surface area contributed by atoms with Gasteiger partial charge in [0.2, 0.25) is 0 Å². The summed E-state index contributed by atoms with van der Waals surface area (Å²) in [6, 6.07) is 5.89. The highest BCUT2D eigenvalue weighted by Gasteiger charge is 2.22. The van der Waals surface area contributed by atoms with Gasteiger partial charge in [0.15, 0.2) is 6.61 Å². The summed E-state index contributed by atoms with van der Waals surface area (Å²) < 4.78 is 5.33. The first-order valence-electron chi connectivity index (χ1n) is 6.54. The Morgan fingerprint density at radius 1 is 1.44 bits per heavy atom. The third-order valence-corrected chi connectivity index (χ3v) is 3.88. The second-order valence-electron chi connectivity index (χ2n) is 5.23. The van der Waals surface area contributed by atoms with Crippen LogP contribution >= 0.6 is 0 Å². The van der Waals surface area contributed by atoms with Crippen LogP contribution in [0.1, 0.15) is 37.3 Å². The predicted octanol–water partition coefficient (Wildman–Crippen LogP) is 2.21. The summed E-state index contributed by atoms with van der Waals surface area (Å²) in [6.07, 6.45) is 4.98. The summed E-state index contributed by atoms with van der Waals surface area (Å²) in [5, 5.41) is 2.82. The van der Waals surface area contributed by atoms with Crippen LogP contribution in [0.25, 0.3) is 0 Å². The Labute approximate surface area is 107 Å². The molecule has 1 fully saturated rings. The fourth-order valence-electron chi connectivity index (χ4n) is 2.56. The van der Waals surface area contributed by atoms with Crippen LogP contribution in [-0.4, -0.2) is 12.5 Å². The third kappa shape index (κ3) is 2.20. The summed E-state index contributed by atoms with van der Waals surface area (Å²) in [4.78, 5) is 11.3. The maximum atomic E-state index is 11.3. The molecule has 1 atom stereocenters. The number of fused-ring (bicyclic) bond motifs is 1. The highest BCUT2D eigenvalue weighted by Crippen LogP contribution is 2.36. The average Bonchev–Trinajstić information content (AvgIpc) is 2.32. The van der Waals surface area contributed by atoms with Gasteiger partial charge in [-0.1, -0.05) is 25.3 Å². The molecule has 1 aliphatic heterocycles. The molecule has 0 aromatic heterocycles. The molecule has 1 heterocycles. The number of nitrogens with one attached hydrogen (secondary N) is 1. The molecule has 2 aliphatic rings. The summed E-state index contributed by atoms with van der Waals surface area (Å²) in [5.74, 6) is 1.41. The first-order valence-corrected chi connectivity index (χ1v) is 6.54. The third-order valence-electron chi connectivity index (χ3n) is 3.88. The number of nitrogens with two attached hydrogens (primary N) is 1. The molecule has 0 bridgehead atoms. The van der Waals surface area contributed by atoms with E-state index in [4.69, 9.17) is 10.5 Å². The van der Waals surface area contributed by atoms with E-state index >= 15 is 0 Å². The molecule has 0 spiro atoms. The van der Waals surface area contributed by atoms with Gasteiger partial charge in [-0.3, -0.25) is 4.79 Å². The molecular formula is C14H18N2O2. The second kappa shape index (κ2) is 4.61. The van der Waals surface area contributed by atoms with E-state index in [1.165, 1.54) is 19.3 Å². The van der Waals surface area contributed by atoms with Crippen molar-refractivity contribution in [2.24, 2.45) is 11.7 Å². The molecule has 1 aromatic carbocycles. The molecule has 18 heavy (non-hydrogen) atoms. The van der Waals surface area contributed by atoms with Crippen LogP contribution in [0.2, 0.25) is 0 Å². The quantitative estimate of drug-likeness (QED) is 0.859. The number of rotatable bonds is 3. The lowest BCUT2D eigenvalue weighted by atomic mass is 9.80. The smallest absolute Gasteiger partial charge is 0.262 e. The zero-order valence-corrected chi connectivity index (χ0v) is 10.3. The number of benzene rings is 1. The van der Waals surface area contributed by atoms with Gasteiger partial charge in [0.25, 0.3) is 5.91 Å². The van der Waals surface area contributed by atoms with Gasteiger partial charge < -0.3 is 15.8 Å². The Kier molecular flexibility index (Phi) is 2.96. The first kappa shape index (κ1) is 11.5. The maximum absolute atomic E-state index is 11.3. The van der Waals surface area contributed by atoms with Crippen LogP contribution < -0.4 is 15.8 Å². The van der Waals surface area contributed by atoms with Crippen molar-refractivity contribution in [3.8, 4) is 5.75 Å². The molecule has 1 unspecified atom stereocenters. The van der Waals surface area contributed by atoms with Gasteiger partial charge in [0.05, 0.1) is 5.69 Å². The molecular weight excluding hydrogens is 228 g/mol. The van der Waals surface area contributed by atoms with E-state index in [9.17, 15) is 4.79 Å². The lowest BCUT2D eigenvalue weighted by molar-refractivity contribution is -0.118. The van der Waals surface area contributed by atoms with Crippen LogP contribution in [0, 0.1) is 5.92 Å². The maximum Gasteiger partial charge on any atom is 0.262 e. The van der Waals surface area contributed by atoms with Crippen LogP contribution in [0.4, 0.5) is 5.69 Å². The highest BCUT2D eigenvalue weighted by molar-refractivity contribution is 5.95. The first-order chi connectivity index (χ1) is 8.72. The Bertz CT molecular complexity index is 469. The second-order valence-corrected chi connectivity index (χ2v) is 5.23. The van der Waals surface area contributed by atoms with Crippen LogP contribution in [-0.2, 0) is 4.79 Å². The number of hydrogen-bond acceptors (Lipinski definition) is 3. The molecule has 4 heteroatoms. The van der Waals surface area contributed by atoms with E-state index in [-0.39, 0.29) is 18.6 Å². The van der Waals surface area contributed by atoms with Crippen LogP contribution in [0.15, 0.2) is 18.2 Å².